The molecular formula is C25H20F3NO2. The predicted molar refractivity (Wildman–Crippen MR) is 113 cm³/mol. The van der Waals surface area contributed by atoms with Crippen molar-refractivity contribution in [3.8, 4) is 11.1 Å². The van der Waals surface area contributed by atoms with Crippen molar-refractivity contribution in [1.82, 2.24) is 5.32 Å². The summed E-state index contributed by atoms with van der Waals surface area (Å²) in [5.74, 6) is -3.21. The predicted octanol–water partition coefficient (Wildman–Crippen LogP) is 6.05. The van der Waals surface area contributed by atoms with Crippen LogP contribution in [-0.2, 0) is 4.74 Å². The van der Waals surface area contributed by atoms with E-state index in [1.54, 1.807) is 6.08 Å². The second-order valence-electron chi connectivity index (χ2n) is 7.23. The lowest BCUT2D eigenvalue weighted by Crippen LogP contribution is -2.26. The van der Waals surface area contributed by atoms with E-state index in [0.29, 0.717) is 12.5 Å². The highest BCUT2D eigenvalue weighted by Crippen LogP contribution is 2.44. The number of alkyl carbamates (subject to hydrolysis) is 1. The number of fused-ring (bicyclic) bond motifs is 3. The molecule has 0 saturated heterocycles. The van der Waals surface area contributed by atoms with Crippen LogP contribution < -0.4 is 5.32 Å². The molecule has 0 spiro atoms. The Labute approximate surface area is 178 Å². The summed E-state index contributed by atoms with van der Waals surface area (Å²) in [5.41, 5.74) is 4.52. The first-order valence-corrected chi connectivity index (χ1v) is 9.94. The molecule has 0 bridgehead atoms. The van der Waals surface area contributed by atoms with Gasteiger partial charge >= 0.3 is 6.09 Å². The fourth-order valence-electron chi connectivity index (χ4n) is 3.78. The molecular weight excluding hydrogens is 403 g/mol. The maximum Gasteiger partial charge on any atom is 0.407 e. The van der Waals surface area contributed by atoms with E-state index in [1.165, 1.54) is 6.08 Å². The van der Waals surface area contributed by atoms with Crippen LogP contribution in [0, 0.1) is 17.5 Å². The highest BCUT2D eigenvalue weighted by atomic mass is 19.2. The molecule has 0 atom stereocenters. The van der Waals surface area contributed by atoms with Gasteiger partial charge in [-0.15, -0.1) is 0 Å². The number of carbonyl (C=O) groups is 1. The highest BCUT2D eigenvalue weighted by Gasteiger charge is 2.28. The molecule has 3 aromatic rings. The summed E-state index contributed by atoms with van der Waals surface area (Å²) in [4.78, 5) is 12.1. The Hall–Kier alpha value is -3.54. The largest absolute Gasteiger partial charge is 0.449 e. The molecule has 1 aliphatic carbocycles. The highest BCUT2D eigenvalue weighted by molar-refractivity contribution is 5.79. The van der Waals surface area contributed by atoms with Crippen LogP contribution in [0.2, 0.25) is 0 Å². The second kappa shape index (κ2) is 9.08. The molecule has 31 heavy (non-hydrogen) atoms. The number of hydrogen-bond donors (Lipinski definition) is 1. The average molecular weight is 423 g/mol. The number of ether oxygens (including phenoxy) is 1. The van der Waals surface area contributed by atoms with Crippen LogP contribution in [0.25, 0.3) is 17.2 Å². The van der Waals surface area contributed by atoms with Gasteiger partial charge in [0.25, 0.3) is 0 Å². The number of benzene rings is 3. The lowest BCUT2D eigenvalue weighted by atomic mass is 9.98. The van der Waals surface area contributed by atoms with E-state index in [-0.39, 0.29) is 24.6 Å². The molecule has 4 rings (SSSR count). The third-order valence-electron chi connectivity index (χ3n) is 5.26. The molecule has 3 nitrogen and oxygen atoms in total. The van der Waals surface area contributed by atoms with Gasteiger partial charge in [-0.05, 0) is 34.7 Å². The fraction of sp³-hybridized carbons (Fsp3) is 0.160. The number of amides is 1. The van der Waals surface area contributed by atoms with Gasteiger partial charge in [0.15, 0.2) is 11.6 Å². The summed E-state index contributed by atoms with van der Waals surface area (Å²) in [7, 11) is 0. The molecule has 158 valence electrons. The van der Waals surface area contributed by atoms with Crippen molar-refractivity contribution in [3.05, 3.63) is 101 Å². The molecule has 0 heterocycles. The summed E-state index contributed by atoms with van der Waals surface area (Å²) in [6, 6.07) is 17.4. The Morgan fingerprint density at radius 2 is 1.52 bits per heavy atom. The second-order valence-corrected chi connectivity index (χ2v) is 7.23. The van der Waals surface area contributed by atoms with Crippen molar-refractivity contribution in [3.63, 3.8) is 0 Å². The van der Waals surface area contributed by atoms with Gasteiger partial charge in [0.05, 0.1) is 0 Å². The van der Waals surface area contributed by atoms with Gasteiger partial charge < -0.3 is 10.1 Å². The van der Waals surface area contributed by atoms with Crippen LogP contribution in [0.5, 0.6) is 0 Å². The zero-order valence-corrected chi connectivity index (χ0v) is 16.6. The average Bonchev–Trinajstić information content (AvgIpc) is 3.09. The summed E-state index contributed by atoms with van der Waals surface area (Å²) in [6.07, 6.45) is 2.74. The van der Waals surface area contributed by atoms with Gasteiger partial charge in [-0.25, -0.2) is 18.0 Å². The minimum absolute atomic E-state index is 0.0191. The van der Waals surface area contributed by atoms with E-state index in [0.717, 1.165) is 28.3 Å². The van der Waals surface area contributed by atoms with Crippen molar-refractivity contribution < 1.29 is 22.7 Å². The zero-order valence-electron chi connectivity index (χ0n) is 16.6. The van der Waals surface area contributed by atoms with E-state index in [1.807, 2.05) is 36.4 Å². The normalized spacial score (nSPS) is 12.6. The number of nitrogens with one attached hydrogen (secondary N) is 1. The summed E-state index contributed by atoms with van der Waals surface area (Å²) < 4.78 is 45.1. The quantitative estimate of drug-likeness (QED) is 0.387. The summed E-state index contributed by atoms with van der Waals surface area (Å²) >= 11 is 0. The topological polar surface area (TPSA) is 38.3 Å². The molecule has 0 saturated carbocycles. The fourth-order valence-corrected chi connectivity index (χ4v) is 3.78. The van der Waals surface area contributed by atoms with Crippen molar-refractivity contribution in [1.29, 1.82) is 0 Å². The van der Waals surface area contributed by atoms with E-state index >= 15 is 0 Å². The van der Waals surface area contributed by atoms with Crippen LogP contribution >= 0.6 is 0 Å². The van der Waals surface area contributed by atoms with Crippen molar-refractivity contribution in [2.75, 3.05) is 13.2 Å². The third-order valence-corrected chi connectivity index (χ3v) is 5.26. The van der Waals surface area contributed by atoms with Gasteiger partial charge in [-0.2, -0.15) is 0 Å². The van der Waals surface area contributed by atoms with Crippen molar-refractivity contribution in [2.24, 2.45) is 0 Å². The lowest BCUT2D eigenvalue weighted by molar-refractivity contribution is 0.143. The molecule has 1 N–H and O–H groups in total. The Balaban J connectivity index is 1.28. The SMILES string of the molecule is O=C(NCCC=Cc1cc(F)c(F)cc1F)OCC1c2ccccc2-c2ccccc21. The molecule has 1 aliphatic rings. The van der Waals surface area contributed by atoms with E-state index in [2.05, 4.69) is 17.4 Å². The Bertz CT molecular complexity index is 1100. The van der Waals surface area contributed by atoms with Crippen molar-refractivity contribution >= 4 is 12.2 Å². The monoisotopic (exact) mass is 423 g/mol. The maximum absolute atomic E-state index is 13.6. The third kappa shape index (κ3) is 4.48. The minimum Gasteiger partial charge on any atom is -0.449 e. The van der Waals surface area contributed by atoms with Crippen LogP contribution in [0.4, 0.5) is 18.0 Å². The molecule has 0 radical (unpaired) electrons. The van der Waals surface area contributed by atoms with E-state index in [9.17, 15) is 18.0 Å². The Kier molecular flexibility index (Phi) is 6.07. The molecule has 0 aliphatic heterocycles. The molecule has 3 aromatic carbocycles. The summed E-state index contributed by atoms with van der Waals surface area (Å²) in [6.45, 7) is 0.480. The Morgan fingerprint density at radius 3 is 2.19 bits per heavy atom. The lowest BCUT2D eigenvalue weighted by Gasteiger charge is -2.14. The van der Waals surface area contributed by atoms with Crippen LogP contribution in [-0.4, -0.2) is 19.2 Å². The molecule has 0 aromatic heterocycles. The van der Waals surface area contributed by atoms with E-state index < -0.39 is 23.5 Å². The zero-order chi connectivity index (χ0) is 21.8. The first-order chi connectivity index (χ1) is 15.0. The smallest absolute Gasteiger partial charge is 0.407 e. The standard InChI is InChI=1S/C25H20F3NO2/c26-22-14-24(28)23(27)13-16(22)7-5-6-12-29-25(30)31-15-21-19-10-3-1-8-17(19)18-9-2-4-11-20(18)21/h1-5,7-11,13-14,21H,6,12,15H2,(H,29,30). The van der Waals surface area contributed by atoms with Crippen molar-refractivity contribution in [2.45, 2.75) is 12.3 Å². The number of halogens is 3. The maximum atomic E-state index is 13.6. The molecule has 0 fully saturated rings. The molecule has 0 unspecified atom stereocenters. The Morgan fingerprint density at radius 1 is 0.903 bits per heavy atom. The van der Waals surface area contributed by atoms with Crippen LogP contribution in [0.1, 0.15) is 29.0 Å². The van der Waals surface area contributed by atoms with Gasteiger partial charge in [0.1, 0.15) is 12.4 Å². The van der Waals surface area contributed by atoms with Gasteiger partial charge in [0.2, 0.25) is 0 Å². The first kappa shape index (κ1) is 20.7. The number of hydrogen-bond acceptors (Lipinski definition) is 2. The van der Waals surface area contributed by atoms with E-state index in [4.69, 9.17) is 4.74 Å². The van der Waals surface area contributed by atoms with Gasteiger partial charge in [-0.3, -0.25) is 0 Å². The number of rotatable bonds is 6. The molecule has 6 heteroatoms. The summed E-state index contributed by atoms with van der Waals surface area (Å²) in [5, 5.41) is 2.64. The van der Waals surface area contributed by atoms with Gasteiger partial charge in [-0.1, -0.05) is 60.7 Å². The number of carbonyl (C=O) groups excluding carboxylic acids is 1. The minimum atomic E-state index is -1.23. The van der Waals surface area contributed by atoms with Gasteiger partial charge in [0, 0.05) is 24.1 Å². The van der Waals surface area contributed by atoms with Crippen LogP contribution in [0.3, 0.4) is 0 Å². The molecule has 1 amide bonds. The van der Waals surface area contributed by atoms with Crippen LogP contribution in [0.15, 0.2) is 66.7 Å². The first-order valence-electron chi connectivity index (χ1n) is 9.94.